The molecule has 2 rings (SSSR count). The molecule has 0 heterocycles. The number of phenols is 1. The molecule has 0 spiro atoms. The van der Waals surface area contributed by atoms with Gasteiger partial charge in [0, 0.05) is 12.6 Å². The van der Waals surface area contributed by atoms with Crippen molar-refractivity contribution in [1.82, 2.24) is 4.90 Å². The SMILES string of the molecule is NCCCN(C(=O)Cc1cccc(O)c1)C1CC1. The van der Waals surface area contributed by atoms with Crippen molar-refractivity contribution in [2.45, 2.75) is 31.7 Å². The molecule has 18 heavy (non-hydrogen) atoms. The van der Waals surface area contributed by atoms with Crippen LogP contribution in [0, 0.1) is 0 Å². The predicted octanol–water partition coefficient (Wildman–Crippen LogP) is 1.27. The van der Waals surface area contributed by atoms with Crippen LogP contribution < -0.4 is 5.73 Å². The summed E-state index contributed by atoms with van der Waals surface area (Å²) in [6, 6.07) is 7.30. The van der Waals surface area contributed by atoms with Crippen LogP contribution in [0.3, 0.4) is 0 Å². The Bertz CT molecular complexity index is 416. The molecule has 1 fully saturated rings. The summed E-state index contributed by atoms with van der Waals surface area (Å²) < 4.78 is 0. The monoisotopic (exact) mass is 248 g/mol. The zero-order valence-corrected chi connectivity index (χ0v) is 10.5. The molecule has 1 amide bonds. The van der Waals surface area contributed by atoms with E-state index in [0.717, 1.165) is 31.4 Å². The Morgan fingerprint density at radius 1 is 1.44 bits per heavy atom. The summed E-state index contributed by atoms with van der Waals surface area (Å²) in [6.45, 7) is 1.36. The third-order valence-electron chi connectivity index (χ3n) is 3.18. The van der Waals surface area contributed by atoms with Crippen LogP contribution in [0.15, 0.2) is 24.3 Å². The molecule has 0 atom stereocenters. The quantitative estimate of drug-likeness (QED) is 0.797. The van der Waals surface area contributed by atoms with Crippen LogP contribution in [0.1, 0.15) is 24.8 Å². The number of hydrogen-bond acceptors (Lipinski definition) is 3. The highest BCUT2D eigenvalue weighted by atomic mass is 16.3. The standard InChI is InChI=1S/C14H20N2O2/c15-7-2-8-16(12-5-6-12)14(18)10-11-3-1-4-13(17)9-11/h1,3-4,9,12,17H,2,5-8,10,15H2. The van der Waals surface area contributed by atoms with Gasteiger partial charge in [-0.25, -0.2) is 0 Å². The van der Waals surface area contributed by atoms with E-state index in [4.69, 9.17) is 5.73 Å². The Labute approximate surface area is 107 Å². The van der Waals surface area contributed by atoms with Crippen molar-refractivity contribution in [3.63, 3.8) is 0 Å². The highest BCUT2D eigenvalue weighted by Crippen LogP contribution is 2.27. The van der Waals surface area contributed by atoms with Crippen LogP contribution in [0.2, 0.25) is 0 Å². The number of aromatic hydroxyl groups is 1. The largest absolute Gasteiger partial charge is 0.508 e. The van der Waals surface area contributed by atoms with E-state index >= 15 is 0 Å². The van der Waals surface area contributed by atoms with E-state index in [0.29, 0.717) is 19.0 Å². The molecule has 4 heteroatoms. The Hall–Kier alpha value is -1.55. The van der Waals surface area contributed by atoms with Gasteiger partial charge in [0.15, 0.2) is 0 Å². The van der Waals surface area contributed by atoms with Crippen LogP contribution in [-0.4, -0.2) is 35.0 Å². The van der Waals surface area contributed by atoms with Crippen molar-refractivity contribution >= 4 is 5.91 Å². The van der Waals surface area contributed by atoms with Crippen molar-refractivity contribution in [3.8, 4) is 5.75 Å². The second kappa shape index (κ2) is 5.87. The highest BCUT2D eigenvalue weighted by molar-refractivity contribution is 5.79. The molecule has 1 aliphatic carbocycles. The fraction of sp³-hybridized carbons (Fsp3) is 0.500. The molecule has 0 aromatic heterocycles. The lowest BCUT2D eigenvalue weighted by Crippen LogP contribution is -2.36. The lowest BCUT2D eigenvalue weighted by atomic mass is 10.1. The predicted molar refractivity (Wildman–Crippen MR) is 70.2 cm³/mol. The summed E-state index contributed by atoms with van der Waals surface area (Å²) >= 11 is 0. The lowest BCUT2D eigenvalue weighted by Gasteiger charge is -2.22. The van der Waals surface area contributed by atoms with E-state index in [-0.39, 0.29) is 11.7 Å². The van der Waals surface area contributed by atoms with Crippen LogP contribution in [-0.2, 0) is 11.2 Å². The number of amides is 1. The van der Waals surface area contributed by atoms with E-state index < -0.39 is 0 Å². The molecule has 0 aliphatic heterocycles. The number of nitrogens with zero attached hydrogens (tertiary/aromatic N) is 1. The highest BCUT2D eigenvalue weighted by Gasteiger charge is 2.31. The molecule has 1 aromatic rings. The van der Waals surface area contributed by atoms with Crippen molar-refractivity contribution in [3.05, 3.63) is 29.8 Å². The van der Waals surface area contributed by atoms with E-state index in [1.807, 2.05) is 11.0 Å². The average Bonchev–Trinajstić information content (AvgIpc) is 3.14. The van der Waals surface area contributed by atoms with Gasteiger partial charge in [0.05, 0.1) is 6.42 Å². The minimum atomic E-state index is 0.136. The molecule has 3 N–H and O–H groups in total. The van der Waals surface area contributed by atoms with Gasteiger partial charge in [-0.05, 0) is 43.5 Å². The smallest absolute Gasteiger partial charge is 0.227 e. The molecule has 0 unspecified atom stereocenters. The van der Waals surface area contributed by atoms with E-state index in [1.165, 1.54) is 0 Å². The summed E-state index contributed by atoms with van der Waals surface area (Å²) in [6.07, 6.45) is 3.42. The van der Waals surface area contributed by atoms with E-state index in [9.17, 15) is 9.90 Å². The molecule has 1 saturated carbocycles. The Morgan fingerprint density at radius 2 is 2.22 bits per heavy atom. The van der Waals surface area contributed by atoms with Gasteiger partial charge in [0.25, 0.3) is 0 Å². The molecule has 1 aliphatic rings. The minimum Gasteiger partial charge on any atom is -0.508 e. The van der Waals surface area contributed by atoms with Gasteiger partial charge < -0.3 is 15.7 Å². The van der Waals surface area contributed by atoms with E-state index in [1.54, 1.807) is 18.2 Å². The molecule has 0 saturated heterocycles. The second-order valence-electron chi connectivity index (χ2n) is 4.81. The summed E-state index contributed by atoms with van der Waals surface area (Å²) in [5, 5.41) is 9.39. The van der Waals surface area contributed by atoms with Gasteiger partial charge in [-0.2, -0.15) is 0 Å². The Morgan fingerprint density at radius 3 is 2.83 bits per heavy atom. The maximum Gasteiger partial charge on any atom is 0.227 e. The molecular formula is C14H20N2O2. The number of hydrogen-bond donors (Lipinski definition) is 2. The summed E-state index contributed by atoms with van der Waals surface area (Å²) in [5.41, 5.74) is 6.36. The first-order chi connectivity index (χ1) is 8.70. The van der Waals surface area contributed by atoms with Crippen LogP contribution >= 0.6 is 0 Å². The molecule has 0 bridgehead atoms. The normalized spacial score (nSPS) is 14.5. The summed E-state index contributed by atoms with van der Waals surface area (Å²) in [4.78, 5) is 14.2. The Kier molecular flexibility index (Phi) is 4.20. The average molecular weight is 248 g/mol. The fourth-order valence-electron chi connectivity index (χ4n) is 2.10. The first-order valence-corrected chi connectivity index (χ1v) is 6.48. The van der Waals surface area contributed by atoms with Gasteiger partial charge in [-0.3, -0.25) is 4.79 Å². The van der Waals surface area contributed by atoms with Crippen molar-refractivity contribution in [2.24, 2.45) is 5.73 Å². The number of carbonyl (C=O) groups excluding carboxylic acids is 1. The van der Waals surface area contributed by atoms with E-state index in [2.05, 4.69) is 0 Å². The third-order valence-corrected chi connectivity index (χ3v) is 3.18. The van der Waals surface area contributed by atoms with Gasteiger partial charge in [-0.1, -0.05) is 12.1 Å². The zero-order valence-electron chi connectivity index (χ0n) is 10.5. The number of carbonyl (C=O) groups is 1. The van der Waals surface area contributed by atoms with Crippen molar-refractivity contribution in [1.29, 1.82) is 0 Å². The molecule has 0 radical (unpaired) electrons. The number of rotatable bonds is 6. The van der Waals surface area contributed by atoms with Crippen LogP contribution in [0.25, 0.3) is 0 Å². The minimum absolute atomic E-state index is 0.136. The van der Waals surface area contributed by atoms with Crippen molar-refractivity contribution in [2.75, 3.05) is 13.1 Å². The summed E-state index contributed by atoms with van der Waals surface area (Å²) in [7, 11) is 0. The second-order valence-corrected chi connectivity index (χ2v) is 4.81. The topological polar surface area (TPSA) is 66.6 Å². The van der Waals surface area contributed by atoms with Crippen LogP contribution in [0.4, 0.5) is 0 Å². The van der Waals surface area contributed by atoms with Crippen molar-refractivity contribution < 1.29 is 9.90 Å². The fourth-order valence-corrected chi connectivity index (χ4v) is 2.10. The van der Waals surface area contributed by atoms with Gasteiger partial charge in [0.2, 0.25) is 5.91 Å². The molecule has 1 aromatic carbocycles. The number of nitrogens with two attached hydrogens (primary N) is 1. The van der Waals surface area contributed by atoms with Gasteiger partial charge in [-0.15, -0.1) is 0 Å². The first-order valence-electron chi connectivity index (χ1n) is 6.48. The van der Waals surface area contributed by atoms with Gasteiger partial charge >= 0.3 is 0 Å². The van der Waals surface area contributed by atoms with Crippen LogP contribution in [0.5, 0.6) is 5.75 Å². The number of benzene rings is 1. The summed E-state index contributed by atoms with van der Waals surface area (Å²) in [5.74, 6) is 0.344. The van der Waals surface area contributed by atoms with Gasteiger partial charge in [0.1, 0.15) is 5.75 Å². The Balaban J connectivity index is 1.96. The molecule has 98 valence electrons. The third kappa shape index (κ3) is 3.47. The molecular weight excluding hydrogens is 228 g/mol. The zero-order chi connectivity index (χ0) is 13.0. The first kappa shape index (κ1) is 12.9. The number of phenolic OH excluding ortho intramolecular Hbond substituents is 1. The maximum absolute atomic E-state index is 12.2. The lowest BCUT2D eigenvalue weighted by molar-refractivity contribution is -0.131. The maximum atomic E-state index is 12.2. The molecule has 4 nitrogen and oxygen atoms in total.